The Morgan fingerprint density at radius 2 is 2.05 bits per heavy atom. The summed E-state index contributed by atoms with van der Waals surface area (Å²) in [4.78, 5) is 0. The van der Waals surface area contributed by atoms with Crippen LogP contribution in [0.2, 0.25) is 0 Å². The Kier molecular flexibility index (Phi) is 4.85. The molecule has 0 fully saturated rings. The van der Waals surface area contributed by atoms with Gasteiger partial charge in [-0.25, -0.2) is 0 Å². The first-order valence-electron chi connectivity index (χ1n) is 7.05. The number of benzene rings is 1. The topological polar surface area (TPSA) is 34.4 Å². The minimum absolute atomic E-state index is 0.464. The Hall–Kier alpha value is -1.74. The van der Waals surface area contributed by atoms with Gasteiger partial charge >= 0.3 is 0 Å². The highest BCUT2D eigenvalue weighted by molar-refractivity contribution is 5.30. The minimum Gasteiger partial charge on any atom is -0.486 e. The zero-order valence-electron chi connectivity index (χ0n) is 12.7. The van der Waals surface area contributed by atoms with Gasteiger partial charge in [0.2, 0.25) is 0 Å². The van der Waals surface area contributed by atoms with E-state index in [2.05, 4.69) is 37.4 Å². The minimum atomic E-state index is 0.464. The molecular formula is C17H23NO2. The van der Waals surface area contributed by atoms with Crippen LogP contribution in [0.4, 0.5) is 0 Å². The summed E-state index contributed by atoms with van der Waals surface area (Å²) in [5, 5.41) is 3.13. The van der Waals surface area contributed by atoms with Gasteiger partial charge in [-0.1, -0.05) is 26.0 Å². The van der Waals surface area contributed by atoms with E-state index in [1.165, 1.54) is 11.1 Å². The maximum absolute atomic E-state index is 5.82. The normalized spacial score (nSPS) is 11.1. The Morgan fingerprint density at radius 1 is 1.25 bits per heavy atom. The van der Waals surface area contributed by atoms with Gasteiger partial charge in [0, 0.05) is 12.1 Å². The van der Waals surface area contributed by atoms with E-state index in [-0.39, 0.29) is 0 Å². The van der Waals surface area contributed by atoms with E-state index < -0.39 is 0 Å². The van der Waals surface area contributed by atoms with Crippen molar-refractivity contribution in [1.82, 2.24) is 5.32 Å². The van der Waals surface area contributed by atoms with Gasteiger partial charge in [-0.2, -0.15) is 0 Å². The fourth-order valence-electron chi connectivity index (χ4n) is 2.14. The zero-order valence-corrected chi connectivity index (χ0v) is 12.7. The molecule has 0 spiro atoms. The predicted molar refractivity (Wildman–Crippen MR) is 81.1 cm³/mol. The van der Waals surface area contributed by atoms with Gasteiger partial charge in [0.25, 0.3) is 0 Å². The Bertz CT molecular complexity index is 558. The molecule has 0 radical (unpaired) electrons. The molecule has 3 heteroatoms. The van der Waals surface area contributed by atoms with Crippen molar-refractivity contribution in [3.8, 4) is 5.75 Å². The standard InChI is InChI=1S/C17H23NO2/c1-12(2)14-6-5-7-16(8-14)19-11-17-9-15(10-18-4)13(3)20-17/h5-9,12,18H,10-11H2,1-4H3. The highest BCUT2D eigenvalue weighted by Crippen LogP contribution is 2.22. The molecule has 1 aromatic heterocycles. The van der Waals surface area contributed by atoms with E-state index in [4.69, 9.17) is 9.15 Å². The fourth-order valence-corrected chi connectivity index (χ4v) is 2.14. The molecule has 3 nitrogen and oxygen atoms in total. The van der Waals surface area contributed by atoms with E-state index in [0.717, 1.165) is 23.8 Å². The number of nitrogens with one attached hydrogen (secondary N) is 1. The first kappa shape index (κ1) is 14.7. The first-order chi connectivity index (χ1) is 9.60. The van der Waals surface area contributed by atoms with Crippen molar-refractivity contribution in [1.29, 1.82) is 0 Å². The molecule has 20 heavy (non-hydrogen) atoms. The molecule has 0 amide bonds. The third kappa shape index (κ3) is 3.64. The molecule has 1 N–H and O–H groups in total. The maximum atomic E-state index is 5.82. The molecule has 2 rings (SSSR count). The van der Waals surface area contributed by atoms with Gasteiger partial charge in [-0.05, 0) is 43.7 Å². The number of hydrogen-bond donors (Lipinski definition) is 1. The predicted octanol–water partition coefficient (Wildman–Crippen LogP) is 4.01. The average Bonchev–Trinajstić information content (AvgIpc) is 2.78. The van der Waals surface area contributed by atoms with Crippen molar-refractivity contribution >= 4 is 0 Å². The summed E-state index contributed by atoms with van der Waals surface area (Å²) in [5.41, 5.74) is 2.47. The Labute approximate surface area is 121 Å². The number of ether oxygens (including phenoxy) is 1. The number of furan rings is 1. The molecule has 0 saturated heterocycles. The van der Waals surface area contributed by atoms with Gasteiger partial charge < -0.3 is 14.5 Å². The Balaban J connectivity index is 2.01. The van der Waals surface area contributed by atoms with E-state index in [1.54, 1.807) is 0 Å². The summed E-state index contributed by atoms with van der Waals surface area (Å²) < 4.78 is 11.5. The molecule has 0 aliphatic rings. The third-order valence-corrected chi connectivity index (χ3v) is 3.34. The van der Waals surface area contributed by atoms with Gasteiger partial charge in [-0.3, -0.25) is 0 Å². The lowest BCUT2D eigenvalue weighted by molar-refractivity contribution is 0.267. The summed E-state index contributed by atoms with van der Waals surface area (Å²) in [5.74, 6) is 3.21. The van der Waals surface area contributed by atoms with Crippen LogP contribution in [0.25, 0.3) is 0 Å². The van der Waals surface area contributed by atoms with Crippen molar-refractivity contribution in [2.24, 2.45) is 0 Å². The third-order valence-electron chi connectivity index (χ3n) is 3.34. The molecule has 108 valence electrons. The number of aryl methyl sites for hydroxylation is 1. The van der Waals surface area contributed by atoms with E-state index in [0.29, 0.717) is 12.5 Å². The SMILES string of the molecule is CNCc1cc(COc2cccc(C(C)C)c2)oc1C. The summed E-state index contributed by atoms with van der Waals surface area (Å²) >= 11 is 0. The molecule has 0 saturated carbocycles. The lowest BCUT2D eigenvalue weighted by Gasteiger charge is -2.08. The summed E-state index contributed by atoms with van der Waals surface area (Å²) in [7, 11) is 1.93. The van der Waals surface area contributed by atoms with Crippen molar-refractivity contribution < 1.29 is 9.15 Å². The van der Waals surface area contributed by atoms with Crippen LogP contribution in [-0.4, -0.2) is 7.05 Å². The maximum Gasteiger partial charge on any atom is 0.146 e. The largest absolute Gasteiger partial charge is 0.486 e. The van der Waals surface area contributed by atoms with Crippen molar-refractivity contribution in [2.45, 2.75) is 39.8 Å². The average molecular weight is 273 g/mol. The van der Waals surface area contributed by atoms with E-state index in [9.17, 15) is 0 Å². The fraction of sp³-hybridized carbons (Fsp3) is 0.412. The summed E-state index contributed by atoms with van der Waals surface area (Å²) in [6, 6.07) is 10.3. The van der Waals surface area contributed by atoms with Crippen LogP contribution in [0.3, 0.4) is 0 Å². The number of hydrogen-bond acceptors (Lipinski definition) is 3. The van der Waals surface area contributed by atoms with Crippen LogP contribution in [0.15, 0.2) is 34.7 Å². The molecule has 1 heterocycles. The molecule has 0 atom stereocenters. The van der Waals surface area contributed by atoms with Crippen LogP contribution in [0, 0.1) is 6.92 Å². The highest BCUT2D eigenvalue weighted by Gasteiger charge is 2.08. The molecule has 2 aromatic rings. The van der Waals surface area contributed by atoms with Crippen LogP contribution < -0.4 is 10.1 Å². The number of rotatable bonds is 6. The second kappa shape index (κ2) is 6.62. The van der Waals surface area contributed by atoms with E-state index >= 15 is 0 Å². The zero-order chi connectivity index (χ0) is 14.5. The van der Waals surface area contributed by atoms with Crippen LogP contribution in [-0.2, 0) is 13.2 Å². The van der Waals surface area contributed by atoms with Crippen LogP contribution in [0.5, 0.6) is 5.75 Å². The van der Waals surface area contributed by atoms with Gasteiger partial charge in [0.1, 0.15) is 23.9 Å². The quantitative estimate of drug-likeness (QED) is 0.863. The molecule has 0 unspecified atom stereocenters. The Morgan fingerprint density at radius 3 is 2.75 bits per heavy atom. The molecule has 0 aliphatic carbocycles. The second-order valence-corrected chi connectivity index (χ2v) is 5.34. The van der Waals surface area contributed by atoms with Gasteiger partial charge in [0.15, 0.2) is 0 Å². The van der Waals surface area contributed by atoms with Gasteiger partial charge in [-0.15, -0.1) is 0 Å². The molecular weight excluding hydrogens is 250 g/mol. The summed E-state index contributed by atoms with van der Waals surface area (Å²) in [6.07, 6.45) is 0. The summed E-state index contributed by atoms with van der Waals surface area (Å²) in [6.45, 7) is 7.62. The van der Waals surface area contributed by atoms with Crippen LogP contribution >= 0.6 is 0 Å². The lowest BCUT2D eigenvalue weighted by Crippen LogP contribution is -2.04. The van der Waals surface area contributed by atoms with Crippen molar-refractivity contribution in [2.75, 3.05) is 7.05 Å². The lowest BCUT2D eigenvalue weighted by atomic mass is 10.0. The van der Waals surface area contributed by atoms with Gasteiger partial charge in [0.05, 0.1) is 0 Å². The van der Waals surface area contributed by atoms with E-state index in [1.807, 2.05) is 26.1 Å². The van der Waals surface area contributed by atoms with Crippen molar-refractivity contribution in [3.63, 3.8) is 0 Å². The van der Waals surface area contributed by atoms with Crippen molar-refractivity contribution in [3.05, 3.63) is 53.0 Å². The smallest absolute Gasteiger partial charge is 0.146 e. The molecule has 0 aliphatic heterocycles. The monoisotopic (exact) mass is 273 g/mol. The highest BCUT2D eigenvalue weighted by atomic mass is 16.5. The van der Waals surface area contributed by atoms with Crippen LogP contribution in [0.1, 0.15) is 42.4 Å². The first-order valence-corrected chi connectivity index (χ1v) is 7.05. The molecule has 0 bridgehead atoms. The second-order valence-electron chi connectivity index (χ2n) is 5.34. The molecule has 1 aromatic carbocycles.